The van der Waals surface area contributed by atoms with Crippen molar-refractivity contribution in [3.63, 3.8) is 0 Å². The van der Waals surface area contributed by atoms with Crippen molar-refractivity contribution in [1.29, 1.82) is 0 Å². The Balaban J connectivity index is 0.000000286. The van der Waals surface area contributed by atoms with Crippen molar-refractivity contribution >= 4 is 21.9 Å². The fraction of sp³-hybridized carbons (Fsp3) is 0.464. The van der Waals surface area contributed by atoms with Crippen LogP contribution in [0.4, 0.5) is 0 Å². The van der Waals surface area contributed by atoms with Gasteiger partial charge in [-0.2, -0.15) is 5.10 Å². The molecule has 0 amide bonds. The number of aromatic nitrogens is 6. The average molecular weight is 486 g/mol. The Morgan fingerprint density at radius 3 is 2.67 bits per heavy atom. The summed E-state index contributed by atoms with van der Waals surface area (Å²) in [5.41, 5.74) is 8.41. The van der Waals surface area contributed by atoms with Gasteiger partial charge in [-0.25, -0.2) is 19.6 Å². The summed E-state index contributed by atoms with van der Waals surface area (Å²) in [6, 6.07) is 8.32. The Morgan fingerprint density at radius 2 is 1.86 bits per heavy atom. The highest BCUT2D eigenvalue weighted by Crippen LogP contribution is 2.21. The van der Waals surface area contributed by atoms with Crippen LogP contribution in [0, 0.1) is 31.6 Å². The van der Waals surface area contributed by atoms with Gasteiger partial charge in [0.2, 0.25) is 0 Å². The van der Waals surface area contributed by atoms with Crippen molar-refractivity contribution in [3.05, 3.63) is 58.2 Å². The van der Waals surface area contributed by atoms with Gasteiger partial charge in [0.15, 0.2) is 5.82 Å². The van der Waals surface area contributed by atoms with Crippen LogP contribution in [-0.4, -0.2) is 35.3 Å². The summed E-state index contributed by atoms with van der Waals surface area (Å²) in [6.07, 6.45) is 8.26. The monoisotopic (exact) mass is 485 g/mol. The van der Waals surface area contributed by atoms with Crippen LogP contribution in [0.2, 0.25) is 0 Å². The molecule has 1 aliphatic rings. The van der Waals surface area contributed by atoms with E-state index in [2.05, 4.69) is 38.8 Å². The third-order valence-corrected chi connectivity index (χ3v) is 6.71. The first-order valence-electron chi connectivity index (χ1n) is 12.7. The molecule has 1 aromatic carbocycles. The lowest BCUT2D eigenvalue weighted by atomic mass is 10.0. The molecule has 0 radical (unpaired) electrons. The summed E-state index contributed by atoms with van der Waals surface area (Å²) in [6.45, 7) is 8.50. The molecule has 0 aliphatic heterocycles. The number of para-hydroxylation sites is 1. The van der Waals surface area contributed by atoms with Gasteiger partial charge in [0.1, 0.15) is 23.4 Å². The van der Waals surface area contributed by atoms with Crippen LogP contribution in [0.1, 0.15) is 63.3 Å². The van der Waals surface area contributed by atoms with Gasteiger partial charge in [-0.15, -0.1) is 5.92 Å². The van der Waals surface area contributed by atoms with E-state index in [9.17, 15) is 4.79 Å². The molecule has 2 N–H and O–H groups in total. The number of imidazole rings is 1. The molecule has 36 heavy (non-hydrogen) atoms. The highest BCUT2D eigenvalue weighted by Gasteiger charge is 2.15. The molecule has 4 aromatic rings. The molecule has 3 aromatic heterocycles. The van der Waals surface area contributed by atoms with E-state index < -0.39 is 0 Å². The van der Waals surface area contributed by atoms with Gasteiger partial charge in [0.25, 0.3) is 5.56 Å². The molecule has 1 saturated carbocycles. The molecule has 2 atom stereocenters. The Labute approximate surface area is 212 Å². The molecule has 2 unspecified atom stereocenters. The van der Waals surface area contributed by atoms with Crippen LogP contribution in [0.3, 0.4) is 0 Å². The Morgan fingerprint density at radius 1 is 1.08 bits per heavy atom. The molecule has 8 nitrogen and oxygen atoms in total. The highest BCUT2D eigenvalue weighted by atomic mass is 16.1. The molecule has 0 bridgehead atoms. The summed E-state index contributed by atoms with van der Waals surface area (Å²) in [4.78, 5) is 26.5. The number of rotatable bonds is 3. The maximum atomic E-state index is 13.0. The number of nitrogens with zero attached hydrogens (tertiary/aromatic N) is 6. The average Bonchev–Trinajstić information content (AvgIpc) is 3.05. The normalized spacial score (nSPS) is 17.7. The topological polar surface area (TPSA) is 105 Å². The van der Waals surface area contributed by atoms with Crippen LogP contribution in [0.15, 0.2) is 35.3 Å². The molecular weight excluding hydrogens is 450 g/mol. The maximum Gasteiger partial charge on any atom is 0.293 e. The van der Waals surface area contributed by atoms with Crippen LogP contribution in [0.25, 0.3) is 21.9 Å². The minimum Gasteiger partial charge on any atom is -0.328 e. The molecule has 188 valence electrons. The molecule has 8 heteroatoms. The lowest BCUT2D eigenvalue weighted by Gasteiger charge is -2.10. The van der Waals surface area contributed by atoms with Gasteiger partial charge in [0, 0.05) is 17.1 Å². The number of hydrogen-bond donors (Lipinski definition) is 1. The van der Waals surface area contributed by atoms with E-state index in [1.54, 1.807) is 13.1 Å². The van der Waals surface area contributed by atoms with Crippen LogP contribution in [-0.2, 0) is 13.1 Å². The van der Waals surface area contributed by atoms with E-state index in [-0.39, 0.29) is 12.1 Å². The Bertz CT molecular complexity index is 1460. The van der Waals surface area contributed by atoms with Crippen LogP contribution in [0.5, 0.6) is 0 Å². The van der Waals surface area contributed by atoms with E-state index in [1.807, 2.05) is 42.7 Å². The predicted octanol–water partition coefficient (Wildman–Crippen LogP) is 4.14. The van der Waals surface area contributed by atoms with Gasteiger partial charge in [-0.05, 0) is 45.6 Å². The molecule has 3 heterocycles. The SMILES string of the molecule is CC#CCn1c(C)nc2cnn(Cc3nc(C)c4ccccc4n3)c(=O)c21.CC1CCCCC(N)C1. The predicted molar refractivity (Wildman–Crippen MR) is 144 cm³/mol. The second-order valence-corrected chi connectivity index (χ2v) is 9.64. The molecule has 5 rings (SSSR count). The van der Waals surface area contributed by atoms with E-state index >= 15 is 0 Å². The summed E-state index contributed by atoms with van der Waals surface area (Å²) < 4.78 is 3.20. The van der Waals surface area contributed by atoms with Gasteiger partial charge in [-0.1, -0.05) is 50.3 Å². The van der Waals surface area contributed by atoms with Gasteiger partial charge >= 0.3 is 0 Å². The highest BCUT2D eigenvalue weighted by molar-refractivity contribution is 5.80. The van der Waals surface area contributed by atoms with Gasteiger partial charge < -0.3 is 10.3 Å². The first-order chi connectivity index (χ1) is 17.4. The zero-order chi connectivity index (χ0) is 25.7. The van der Waals surface area contributed by atoms with Crippen molar-refractivity contribution in [3.8, 4) is 11.8 Å². The summed E-state index contributed by atoms with van der Waals surface area (Å²) >= 11 is 0. The molecule has 1 aliphatic carbocycles. The van der Waals surface area contributed by atoms with E-state index in [4.69, 9.17) is 5.73 Å². The fourth-order valence-corrected chi connectivity index (χ4v) is 4.82. The van der Waals surface area contributed by atoms with Gasteiger partial charge in [-0.3, -0.25) is 4.79 Å². The quantitative estimate of drug-likeness (QED) is 0.345. The zero-order valence-electron chi connectivity index (χ0n) is 21.7. The molecular formula is C28H35N7O. The number of hydrogen-bond acceptors (Lipinski definition) is 6. The largest absolute Gasteiger partial charge is 0.328 e. The van der Waals surface area contributed by atoms with Crippen molar-refractivity contribution in [2.24, 2.45) is 11.7 Å². The standard InChI is InChI=1S/C20H18N6O.C8H17N/c1-4-5-10-25-14(3)23-17-11-21-26(20(27)19(17)25)12-18-22-13(2)15-8-6-7-9-16(15)24-18;1-7-4-2-3-5-8(9)6-7/h6-9,11H,10,12H2,1-3H3;7-8H,2-6,9H2,1H3. The third kappa shape index (κ3) is 5.80. The summed E-state index contributed by atoms with van der Waals surface area (Å²) in [7, 11) is 0. The Kier molecular flexibility index (Phi) is 8.11. The van der Waals surface area contributed by atoms with E-state index in [0.29, 0.717) is 29.4 Å². The lowest BCUT2D eigenvalue weighted by Crippen LogP contribution is -2.26. The van der Waals surface area contributed by atoms with Crippen LogP contribution < -0.4 is 11.3 Å². The molecule has 0 saturated heterocycles. The number of aryl methyl sites for hydroxylation is 2. The molecule has 1 fully saturated rings. The summed E-state index contributed by atoms with van der Waals surface area (Å²) in [5, 5.41) is 5.26. The van der Waals surface area contributed by atoms with Crippen molar-refractivity contribution in [2.45, 2.75) is 78.9 Å². The molecule has 0 spiro atoms. The lowest BCUT2D eigenvalue weighted by molar-refractivity contribution is 0.469. The first kappa shape index (κ1) is 25.5. The van der Waals surface area contributed by atoms with Crippen molar-refractivity contribution in [2.75, 3.05) is 0 Å². The van der Waals surface area contributed by atoms with E-state index in [1.165, 1.54) is 36.8 Å². The number of fused-ring (bicyclic) bond motifs is 2. The minimum absolute atomic E-state index is 0.199. The second kappa shape index (κ2) is 11.4. The Hall–Kier alpha value is -3.57. The zero-order valence-corrected chi connectivity index (χ0v) is 21.7. The maximum absolute atomic E-state index is 13.0. The van der Waals surface area contributed by atoms with Crippen LogP contribution >= 0.6 is 0 Å². The number of benzene rings is 1. The second-order valence-electron chi connectivity index (χ2n) is 9.64. The fourth-order valence-electron chi connectivity index (χ4n) is 4.82. The summed E-state index contributed by atoms with van der Waals surface area (Å²) in [5.74, 6) is 8.01. The van der Waals surface area contributed by atoms with Crippen molar-refractivity contribution in [1.82, 2.24) is 29.3 Å². The number of nitrogens with two attached hydrogens (primary N) is 1. The van der Waals surface area contributed by atoms with E-state index in [0.717, 1.165) is 28.3 Å². The first-order valence-corrected chi connectivity index (χ1v) is 12.7. The van der Waals surface area contributed by atoms with Crippen molar-refractivity contribution < 1.29 is 0 Å². The van der Waals surface area contributed by atoms with Gasteiger partial charge in [0.05, 0.1) is 18.3 Å². The minimum atomic E-state index is -0.222. The smallest absolute Gasteiger partial charge is 0.293 e. The third-order valence-electron chi connectivity index (χ3n) is 6.71.